The molecule has 1 aliphatic rings. The van der Waals surface area contributed by atoms with Crippen molar-refractivity contribution in [2.24, 2.45) is 5.92 Å². The number of amides is 1. The van der Waals surface area contributed by atoms with Crippen LogP contribution in [0.4, 0.5) is 10.8 Å². The maximum atomic E-state index is 13.2. The van der Waals surface area contributed by atoms with Gasteiger partial charge in [-0.25, -0.2) is 4.98 Å². The molecule has 1 aromatic heterocycles. The van der Waals surface area contributed by atoms with Gasteiger partial charge in [0.25, 0.3) is 0 Å². The number of fused-ring (bicyclic) bond motifs is 1. The Morgan fingerprint density at radius 3 is 2.75 bits per heavy atom. The molecule has 1 atom stereocenters. The van der Waals surface area contributed by atoms with Crippen molar-refractivity contribution >= 4 is 38.3 Å². The third kappa shape index (κ3) is 2.70. The van der Waals surface area contributed by atoms with Crippen molar-refractivity contribution in [3.8, 4) is 0 Å². The Bertz CT molecular complexity index is 851. The number of anilines is 2. The second-order valence-electron chi connectivity index (χ2n) is 5.98. The third-order valence-electron chi connectivity index (χ3n) is 4.33. The molecule has 1 fully saturated rings. The van der Waals surface area contributed by atoms with Gasteiger partial charge >= 0.3 is 0 Å². The Morgan fingerprint density at radius 2 is 2.00 bits per heavy atom. The van der Waals surface area contributed by atoms with Crippen LogP contribution in [0.5, 0.6) is 0 Å². The van der Waals surface area contributed by atoms with E-state index >= 15 is 0 Å². The summed E-state index contributed by atoms with van der Waals surface area (Å²) in [6, 6.07) is 15.9. The van der Waals surface area contributed by atoms with Gasteiger partial charge in [-0.15, -0.1) is 0 Å². The highest BCUT2D eigenvalue weighted by atomic mass is 32.1. The first-order valence-electron chi connectivity index (χ1n) is 8.07. The number of aryl methyl sites for hydroxylation is 1. The lowest BCUT2D eigenvalue weighted by atomic mass is 10.1. The van der Waals surface area contributed by atoms with E-state index < -0.39 is 0 Å². The standard InChI is InChI=1S/C19H18N2O2S/c1-13-6-2-4-8-16(13)21(18(22)14-10-11-23-12-14)19-20-15-7-3-5-9-17(15)24-19/h2-9,14H,10-12H2,1H3/t14-/m1/s1. The van der Waals surface area contributed by atoms with E-state index in [9.17, 15) is 4.79 Å². The Kier molecular flexibility index (Phi) is 4.04. The summed E-state index contributed by atoms with van der Waals surface area (Å²) < 4.78 is 6.51. The molecule has 0 spiro atoms. The molecule has 122 valence electrons. The van der Waals surface area contributed by atoms with Crippen molar-refractivity contribution in [1.82, 2.24) is 4.98 Å². The molecule has 0 unspecified atom stereocenters. The molecule has 0 aliphatic carbocycles. The number of benzene rings is 2. The zero-order chi connectivity index (χ0) is 16.5. The molecule has 24 heavy (non-hydrogen) atoms. The van der Waals surface area contributed by atoms with Gasteiger partial charge in [-0.1, -0.05) is 41.7 Å². The van der Waals surface area contributed by atoms with Crippen molar-refractivity contribution in [2.45, 2.75) is 13.3 Å². The third-order valence-corrected chi connectivity index (χ3v) is 5.35. The van der Waals surface area contributed by atoms with Gasteiger partial charge in [0.05, 0.1) is 28.4 Å². The fraction of sp³-hybridized carbons (Fsp3) is 0.263. The van der Waals surface area contributed by atoms with Crippen LogP contribution in [0.1, 0.15) is 12.0 Å². The first kappa shape index (κ1) is 15.3. The number of ether oxygens (including phenoxy) is 1. The molecule has 0 bridgehead atoms. The van der Waals surface area contributed by atoms with Crippen molar-refractivity contribution in [2.75, 3.05) is 18.1 Å². The van der Waals surface area contributed by atoms with Gasteiger partial charge in [-0.05, 0) is 37.1 Å². The summed E-state index contributed by atoms with van der Waals surface area (Å²) >= 11 is 1.55. The van der Waals surface area contributed by atoms with Crippen molar-refractivity contribution in [3.63, 3.8) is 0 Å². The molecule has 1 amide bonds. The molecule has 2 aromatic carbocycles. The molecular formula is C19H18N2O2S. The Balaban J connectivity index is 1.83. The number of nitrogens with zero attached hydrogens (tertiary/aromatic N) is 2. The largest absolute Gasteiger partial charge is 0.381 e. The summed E-state index contributed by atoms with van der Waals surface area (Å²) in [4.78, 5) is 19.7. The molecule has 2 heterocycles. The number of rotatable bonds is 3. The first-order valence-corrected chi connectivity index (χ1v) is 8.88. The molecule has 5 heteroatoms. The molecule has 1 aliphatic heterocycles. The molecule has 0 N–H and O–H groups in total. The summed E-state index contributed by atoms with van der Waals surface area (Å²) in [5.74, 6) is -0.0301. The fourth-order valence-corrected chi connectivity index (χ4v) is 3.98. The van der Waals surface area contributed by atoms with Crippen LogP contribution in [0.25, 0.3) is 10.2 Å². The van der Waals surface area contributed by atoms with Crippen LogP contribution >= 0.6 is 11.3 Å². The highest BCUT2D eigenvalue weighted by Gasteiger charge is 2.32. The van der Waals surface area contributed by atoms with E-state index in [1.807, 2.05) is 55.5 Å². The van der Waals surface area contributed by atoms with Crippen LogP contribution in [0.3, 0.4) is 0 Å². The minimum Gasteiger partial charge on any atom is -0.381 e. The normalized spacial score (nSPS) is 17.3. The zero-order valence-corrected chi connectivity index (χ0v) is 14.3. The quantitative estimate of drug-likeness (QED) is 0.715. The van der Waals surface area contributed by atoms with E-state index in [0.717, 1.165) is 33.0 Å². The van der Waals surface area contributed by atoms with Crippen LogP contribution in [-0.2, 0) is 9.53 Å². The van der Waals surface area contributed by atoms with E-state index in [0.29, 0.717) is 13.2 Å². The number of thiazole rings is 1. The summed E-state index contributed by atoms with van der Waals surface area (Å²) in [6.45, 7) is 3.16. The zero-order valence-electron chi connectivity index (χ0n) is 13.4. The average Bonchev–Trinajstić information content (AvgIpc) is 3.26. The minimum absolute atomic E-state index is 0.0702. The molecule has 1 saturated heterocycles. The van der Waals surface area contributed by atoms with Crippen molar-refractivity contribution < 1.29 is 9.53 Å². The highest BCUT2D eigenvalue weighted by molar-refractivity contribution is 7.22. The lowest BCUT2D eigenvalue weighted by Crippen LogP contribution is -2.33. The van der Waals surface area contributed by atoms with E-state index in [1.165, 1.54) is 0 Å². The predicted molar refractivity (Wildman–Crippen MR) is 96.9 cm³/mol. The number of hydrogen-bond donors (Lipinski definition) is 0. The molecule has 0 saturated carbocycles. The monoisotopic (exact) mass is 338 g/mol. The number of carbonyl (C=O) groups is 1. The maximum absolute atomic E-state index is 13.2. The van der Waals surface area contributed by atoms with Gasteiger partial charge in [0.15, 0.2) is 5.13 Å². The first-order chi connectivity index (χ1) is 11.7. The number of para-hydroxylation sites is 2. The molecule has 0 radical (unpaired) electrons. The summed E-state index contributed by atoms with van der Waals surface area (Å²) in [6.07, 6.45) is 0.770. The van der Waals surface area contributed by atoms with E-state index in [2.05, 4.69) is 0 Å². The maximum Gasteiger partial charge on any atom is 0.238 e. The van der Waals surface area contributed by atoms with Crippen LogP contribution in [-0.4, -0.2) is 24.1 Å². The van der Waals surface area contributed by atoms with Gasteiger partial charge in [0, 0.05) is 6.61 Å². The predicted octanol–water partition coefficient (Wildman–Crippen LogP) is 4.31. The molecule has 4 rings (SSSR count). The Hall–Kier alpha value is -2.24. The summed E-state index contributed by atoms with van der Waals surface area (Å²) in [5.41, 5.74) is 2.88. The van der Waals surface area contributed by atoms with Gasteiger partial charge in [-0.2, -0.15) is 0 Å². The van der Waals surface area contributed by atoms with Crippen LogP contribution < -0.4 is 4.90 Å². The smallest absolute Gasteiger partial charge is 0.238 e. The van der Waals surface area contributed by atoms with Gasteiger partial charge in [0.1, 0.15) is 0 Å². The van der Waals surface area contributed by atoms with E-state index in [4.69, 9.17) is 9.72 Å². The Morgan fingerprint density at radius 1 is 1.21 bits per heavy atom. The van der Waals surface area contributed by atoms with Crippen molar-refractivity contribution in [3.05, 3.63) is 54.1 Å². The van der Waals surface area contributed by atoms with Gasteiger partial charge < -0.3 is 4.74 Å². The molecule has 3 aromatic rings. The lowest BCUT2D eigenvalue weighted by molar-refractivity contribution is -0.121. The molecular weight excluding hydrogens is 320 g/mol. The minimum atomic E-state index is -0.100. The number of carbonyl (C=O) groups excluding carboxylic acids is 1. The SMILES string of the molecule is Cc1ccccc1N(C(=O)[C@@H]1CCOC1)c1nc2ccccc2s1. The Labute approximate surface area is 144 Å². The topological polar surface area (TPSA) is 42.4 Å². The van der Waals surface area contributed by atoms with Crippen molar-refractivity contribution in [1.29, 1.82) is 0 Å². The average molecular weight is 338 g/mol. The van der Waals surface area contributed by atoms with Crippen LogP contribution in [0, 0.1) is 12.8 Å². The number of aromatic nitrogens is 1. The van der Waals surface area contributed by atoms with E-state index in [-0.39, 0.29) is 11.8 Å². The van der Waals surface area contributed by atoms with Crippen LogP contribution in [0.2, 0.25) is 0 Å². The second-order valence-corrected chi connectivity index (χ2v) is 6.99. The lowest BCUT2D eigenvalue weighted by Gasteiger charge is -2.24. The number of hydrogen-bond acceptors (Lipinski definition) is 4. The second kappa shape index (κ2) is 6.34. The van der Waals surface area contributed by atoms with E-state index in [1.54, 1.807) is 16.2 Å². The summed E-state index contributed by atoms with van der Waals surface area (Å²) in [7, 11) is 0. The molecule has 4 nitrogen and oxygen atoms in total. The highest BCUT2D eigenvalue weighted by Crippen LogP contribution is 2.36. The van der Waals surface area contributed by atoms with Gasteiger partial charge in [0.2, 0.25) is 5.91 Å². The van der Waals surface area contributed by atoms with Crippen LogP contribution in [0.15, 0.2) is 48.5 Å². The fourth-order valence-electron chi connectivity index (χ4n) is 3.00. The summed E-state index contributed by atoms with van der Waals surface area (Å²) in [5, 5.41) is 0.724. The van der Waals surface area contributed by atoms with Gasteiger partial charge in [-0.3, -0.25) is 9.69 Å².